The van der Waals surface area contributed by atoms with E-state index >= 15 is 0 Å². The Morgan fingerprint density at radius 1 is 0.324 bits per heavy atom. The van der Waals surface area contributed by atoms with Crippen LogP contribution < -0.4 is 0 Å². The fraction of sp³-hybridized carbons (Fsp3) is 1.00. The van der Waals surface area contributed by atoms with Gasteiger partial charge in [-0.25, -0.2) is 0 Å². The number of hydrogen-bond acceptors (Lipinski definition) is 2. The van der Waals surface area contributed by atoms with Crippen molar-refractivity contribution >= 4 is 7.60 Å². The molecule has 4 nitrogen and oxygen atoms in total. The molecule has 0 aromatic heterocycles. The molecule has 0 atom stereocenters. The summed E-state index contributed by atoms with van der Waals surface area (Å²) in [7, 11) is -3.77. The second kappa shape index (κ2) is 27.7. The van der Waals surface area contributed by atoms with Gasteiger partial charge in [-0.3, -0.25) is 4.57 Å². The van der Waals surface area contributed by atoms with Crippen molar-refractivity contribution in [1.29, 1.82) is 0 Å². The van der Waals surface area contributed by atoms with Crippen LogP contribution in [0.4, 0.5) is 0 Å². The van der Waals surface area contributed by atoms with Gasteiger partial charge in [0.1, 0.15) is 0 Å². The summed E-state index contributed by atoms with van der Waals surface area (Å²) in [5, 5.41) is 8.76. The predicted octanol–water partition coefficient (Wildman–Crippen LogP) is 9.69. The second-order valence-corrected chi connectivity index (χ2v) is 12.4. The SMILES string of the molecule is O=P(O)(O)CCCCCCCCCCCCCCCCCCCCCCCCCCCCCO. The van der Waals surface area contributed by atoms with Gasteiger partial charge < -0.3 is 14.9 Å². The Balaban J connectivity index is 3.03. The minimum absolute atomic E-state index is 0.0575. The highest BCUT2D eigenvalue weighted by Gasteiger charge is 2.10. The van der Waals surface area contributed by atoms with Crippen LogP contribution in [-0.2, 0) is 4.57 Å². The third-order valence-corrected chi connectivity index (χ3v) is 8.01. The molecule has 206 valence electrons. The van der Waals surface area contributed by atoms with Gasteiger partial charge in [0.05, 0.1) is 0 Å². The number of hydrogen-bond donors (Lipinski definition) is 3. The number of aliphatic hydroxyl groups excluding tert-OH is 1. The summed E-state index contributed by atoms with van der Waals surface area (Å²) < 4.78 is 10.8. The predicted molar refractivity (Wildman–Crippen MR) is 149 cm³/mol. The first-order valence-corrected chi connectivity index (χ1v) is 17.0. The fourth-order valence-electron chi connectivity index (χ4n) is 4.85. The first kappa shape index (κ1) is 34.1. The molecule has 0 radical (unpaired) electrons. The first-order chi connectivity index (χ1) is 16.6. The quantitative estimate of drug-likeness (QED) is 0.0699. The molecule has 0 aromatic carbocycles. The van der Waals surface area contributed by atoms with E-state index in [0.717, 1.165) is 19.3 Å². The number of aliphatic hydroxyl groups is 1. The van der Waals surface area contributed by atoms with Crippen LogP contribution in [0.2, 0.25) is 0 Å². The summed E-state index contributed by atoms with van der Waals surface area (Å²) >= 11 is 0. The zero-order chi connectivity index (χ0) is 25.0. The van der Waals surface area contributed by atoms with E-state index < -0.39 is 7.60 Å². The normalized spacial score (nSPS) is 12.0. The average Bonchev–Trinajstić information content (AvgIpc) is 2.80. The summed E-state index contributed by atoms with van der Waals surface area (Å²) in [5.41, 5.74) is 0. The van der Waals surface area contributed by atoms with Crippen molar-refractivity contribution in [2.75, 3.05) is 12.8 Å². The lowest BCUT2D eigenvalue weighted by Gasteiger charge is -2.05. The molecule has 0 fully saturated rings. The lowest BCUT2D eigenvalue weighted by molar-refractivity contribution is 0.282. The largest absolute Gasteiger partial charge is 0.396 e. The van der Waals surface area contributed by atoms with Gasteiger partial charge in [-0.1, -0.05) is 161 Å². The molecular weight excluding hydrogens is 443 g/mol. The van der Waals surface area contributed by atoms with Crippen LogP contribution in [0.3, 0.4) is 0 Å². The summed E-state index contributed by atoms with van der Waals surface area (Å²) in [6.07, 6.45) is 35.5. The highest BCUT2D eigenvalue weighted by Crippen LogP contribution is 2.35. The van der Waals surface area contributed by atoms with E-state index in [0.29, 0.717) is 13.0 Å². The van der Waals surface area contributed by atoms with Gasteiger partial charge in [0.15, 0.2) is 0 Å². The Morgan fingerprint density at radius 2 is 0.500 bits per heavy atom. The van der Waals surface area contributed by atoms with Crippen LogP contribution in [0, 0.1) is 0 Å². The van der Waals surface area contributed by atoms with Crippen LogP contribution in [0.5, 0.6) is 0 Å². The van der Waals surface area contributed by atoms with E-state index in [-0.39, 0.29) is 6.16 Å². The van der Waals surface area contributed by atoms with E-state index in [1.54, 1.807) is 0 Å². The van der Waals surface area contributed by atoms with Crippen molar-refractivity contribution in [3.8, 4) is 0 Å². The van der Waals surface area contributed by atoms with Crippen LogP contribution in [0.1, 0.15) is 173 Å². The highest BCUT2D eigenvalue weighted by molar-refractivity contribution is 7.51. The van der Waals surface area contributed by atoms with E-state index in [4.69, 9.17) is 14.9 Å². The zero-order valence-corrected chi connectivity index (χ0v) is 23.6. The van der Waals surface area contributed by atoms with Gasteiger partial charge in [-0.15, -0.1) is 0 Å². The summed E-state index contributed by atoms with van der Waals surface area (Å²) in [6, 6.07) is 0. The van der Waals surface area contributed by atoms with Crippen molar-refractivity contribution in [2.24, 2.45) is 0 Å². The Labute approximate surface area is 213 Å². The molecule has 0 aliphatic rings. The topological polar surface area (TPSA) is 77.8 Å². The standard InChI is InChI=1S/C29H61O4P/c30-28-26-24-22-20-18-16-14-12-10-8-6-4-2-1-3-5-7-9-11-13-15-17-19-21-23-25-27-29-34(31,32)33/h30H,1-29H2,(H2,31,32,33). The third kappa shape index (κ3) is 32.1. The Hall–Kier alpha value is 0.110. The molecular formula is C29H61O4P. The lowest BCUT2D eigenvalue weighted by atomic mass is 10.0. The van der Waals surface area contributed by atoms with Gasteiger partial charge >= 0.3 is 7.60 Å². The maximum Gasteiger partial charge on any atom is 0.325 e. The van der Waals surface area contributed by atoms with Gasteiger partial charge in [-0.2, -0.15) is 0 Å². The van der Waals surface area contributed by atoms with Crippen molar-refractivity contribution in [3.63, 3.8) is 0 Å². The fourth-order valence-corrected chi connectivity index (χ4v) is 5.48. The smallest absolute Gasteiger partial charge is 0.325 e. The Kier molecular flexibility index (Phi) is 27.8. The molecule has 0 amide bonds. The van der Waals surface area contributed by atoms with E-state index in [1.807, 2.05) is 0 Å². The molecule has 0 saturated carbocycles. The molecule has 0 aliphatic carbocycles. The first-order valence-electron chi connectivity index (χ1n) is 15.2. The Morgan fingerprint density at radius 3 is 0.676 bits per heavy atom. The molecule has 0 bridgehead atoms. The molecule has 0 unspecified atom stereocenters. The molecule has 0 saturated heterocycles. The molecule has 0 aliphatic heterocycles. The van der Waals surface area contributed by atoms with Crippen LogP contribution >= 0.6 is 7.60 Å². The van der Waals surface area contributed by atoms with Gasteiger partial charge in [-0.05, 0) is 12.8 Å². The zero-order valence-electron chi connectivity index (χ0n) is 22.7. The van der Waals surface area contributed by atoms with Crippen LogP contribution in [0.25, 0.3) is 0 Å². The highest BCUT2D eigenvalue weighted by atomic mass is 31.2. The summed E-state index contributed by atoms with van der Waals surface area (Å²) in [5.74, 6) is 0. The van der Waals surface area contributed by atoms with Crippen molar-refractivity contribution < 1.29 is 19.5 Å². The van der Waals surface area contributed by atoms with Crippen molar-refractivity contribution in [3.05, 3.63) is 0 Å². The van der Waals surface area contributed by atoms with E-state index in [2.05, 4.69) is 0 Å². The average molecular weight is 505 g/mol. The van der Waals surface area contributed by atoms with E-state index in [9.17, 15) is 4.57 Å². The molecule has 0 heterocycles. The van der Waals surface area contributed by atoms with Crippen LogP contribution in [0.15, 0.2) is 0 Å². The van der Waals surface area contributed by atoms with Crippen LogP contribution in [-0.4, -0.2) is 27.7 Å². The molecule has 3 N–H and O–H groups in total. The molecule has 0 rings (SSSR count). The third-order valence-electron chi connectivity index (χ3n) is 7.11. The maximum atomic E-state index is 10.8. The molecule has 0 spiro atoms. The minimum Gasteiger partial charge on any atom is -0.396 e. The molecule has 34 heavy (non-hydrogen) atoms. The van der Waals surface area contributed by atoms with E-state index in [1.165, 1.54) is 148 Å². The second-order valence-electron chi connectivity index (χ2n) is 10.7. The monoisotopic (exact) mass is 504 g/mol. The van der Waals surface area contributed by atoms with Gasteiger partial charge in [0, 0.05) is 12.8 Å². The maximum absolute atomic E-state index is 10.8. The van der Waals surface area contributed by atoms with Gasteiger partial charge in [0.2, 0.25) is 0 Å². The van der Waals surface area contributed by atoms with Crippen molar-refractivity contribution in [2.45, 2.75) is 173 Å². The lowest BCUT2D eigenvalue weighted by Crippen LogP contribution is -1.88. The minimum atomic E-state index is -3.77. The Bertz CT molecular complexity index is 424. The van der Waals surface area contributed by atoms with Gasteiger partial charge in [0.25, 0.3) is 0 Å². The summed E-state index contributed by atoms with van der Waals surface area (Å²) in [4.78, 5) is 17.6. The van der Waals surface area contributed by atoms with Crippen molar-refractivity contribution in [1.82, 2.24) is 0 Å². The number of unbranched alkanes of at least 4 members (excludes halogenated alkanes) is 26. The number of rotatable bonds is 29. The summed E-state index contributed by atoms with van der Waals surface area (Å²) in [6.45, 7) is 0.361. The molecule has 0 aromatic rings. The molecule has 5 heteroatoms.